The minimum absolute atomic E-state index is 0.0644. The lowest BCUT2D eigenvalue weighted by Gasteiger charge is -2.37. The summed E-state index contributed by atoms with van der Waals surface area (Å²) in [5.74, 6) is -0.350. The lowest BCUT2D eigenvalue weighted by molar-refractivity contribution is -0.132. The molecule has 0 bridgehead atoms. The molecule has 13 heteroatoms. The van der Waals surface area contributed by atoms with Crippen LogP contribution in [-0.2, 0) is 9.59 Å². The second-order valence-corrected chi connectivity index (χ2v) is 13.3. The first-order valence-electron chi connectivity index (χ1n) is 15.7. The highest BCUT2D eigenvalue weighted by Crippen LogP contribution is 2.36. The summed E-state index contributed by atoms with van der Waals surface area (Å²) in [6, 6.07) is 19.6. The topological polar surface area (TPSA) is 110 Å². The van der Waals surface area contributed by atoms with Gasteiger partial charge in [-0.15, -0.1) is 11.8 Å². The van der Waals surface area contributed by atoms with Crippen LogP contribution in [0, 0.1) is 11.6 Å². The predicted molar refractivity (Wildman–Crippen MR) is 184 cm³/mol. The van der Waals surface area contributed by atoms with E-state index in [1.54, 1.807) is 12.1 Å². The van der Waals surface area contributed by atoms with Gasteiger partial charge < -0.3 is 15.1 Å². The highest BCUT2D eigenvalue weighted by atomic mass is 32.2. The van der Waals surface area contributed by atoms with Crippen LogP contribution in [0.5, 0.6) is 0 Å². The van der Waals surface area contributed by atoms with Gasteiger partial charge in [0.1, 0.15) is 10.6 Å². The van der Waals surface area contributed by atoms with Gasteiger partial charge in [0.25, 0.3) is 0 Å². The van der Waals surface area contributed by atoms with E-state index in [0.717, 1.165) is 40.1 Å². The summed E-state index contributed by atoms with van der Waals surface area (Å²) in [4.78, 5) is 41.3. The smallest absolute Gasteiger partial charge is 0.241 e. The average Bonchev–Trinajstić information content (AvgIpc) is 3.74. The van der Waals surface area contributed by atoms with Crippen LogP contribution in [0.4, 0.5) is 20.2 Å². The number of fused-ring (bicyclic) bond motifs is 1. The van der Waals surface area contributed by atoms with Crippen molar-refractivity contribution >= 4 is 45.9 Å². The molecule has 2 aromatic heterocycles. The van der Waals surface area contributed by atoms with Crippen LogP contribution < -0.4 is 10.2 Å². The van der Waals surface area contributed by atoms with Gasteiger partial charge in [0, 0.05) is 67.2 Å². The number of amides is 2. The van der Waals surface area contributed by atoms with Gasteiger partial charge in [-0.1, -0.05) is 0 Å². The molecule has 1 atom stereocenters. The van der Waals surface area contributed by atoms with Gasteiger partial charge in [-0.2, -0.15) is 5.10 Å². The Morgan fingerprint density at radius 3 is 2.31 bits per heavy atom. The van der Waals surface area contributed by atoms with Gasteiger partial charge in [0.05, 0.1) is 30.1 Å². The first kappa shape index (κ1) is 31.7. The van der Waals surface area contributed by atoms with E-state index in [1.807, 2.05) is 53.6 Å². The van der Waals surface area contributed by atoms with E-state index in [2.05, 4.69) is 35.3 Å². The van der Waals surface area contributed by atoms with Crippen LogP contribution >= 0.6 is 11.8 Å². The van der Waals surface area contributed by atoms with E-state index in [1.165, 1.54) is 23.9 Å². The Balaban J connectivity index is 0.934. The molecule has 2 fully saturated rings. The van der Waals surface area contributed by atoms with Crippen molar-refractivity contribution in [3.63, 3.8) is 0 Å². The quantitative estimate of drug-likeness (QED) is 0.236. The Morgan fingerprint density at radius 2 is 1.60 bits per heavy atom. The molecule has 2 saturated heterocycles. The Hall–Kier alpha value is -4.88. The Labute approximate surface area is 280 Å². The summed E-state index contributed by atoms with van der Waals surface area (Å²) >= 11 is 1.51. The fourth-order valence-corrected chi connectivity index (χ4v) is 7.23. The zero-order chi connectivity index (χ0) is 33.3. The highest BCUT2D eigenvalue weighted by Gasteiger charge is 2.44. The molecular formula is C35H34F2N8O2S. The molecular weight excluding hydrogens is 635 g/mol. The van der Waals surface area contributed by atoms with E-state index in [9.17, 15) is 18.4 Å². The first-order valence-corrected chi connectivity index (χ1v) is 17.0. The van der Waals surface area contributed by atoms with Crippen molar-refractivity contribution in [1.82, 2.24) is 30.0 Å². The van der Waals surface area contributed by atoms with Crippen molar-refractivity contribution in [2.24, 2.45) is 0 Å². The third-order valence-electron chi connectivity index (χ3n) is 9.16. The van der Waals surface area contributed by atoms with Crippen LogP contribution in [0.1, 0.15) is 6.42 Å². The summed E-state index contributed by atoms with van der Waals surface area (Å²) < 4.78 is 26.0. The number of likely N-dealkylation sites (tertiary alicyclic amines) is 1. The second-order valence-electron chi connectivity index (χ2n) is 12.1. The van der Waals surface area contributed by atoms with E-state index >= 15 is 0 Å². The SMILES string of the molecule is CS[C@@]1(C(=O)Nc2ccc3[nH]nc(-c4ccc(F)cc4)c3c2)CCN(CC(=O)N2CCN(c3ccc(-c4ncc(F)cn4)cc3)CC2)C1. The summed E-state index contributed by atoms with van der Waals surface area (Å²) in [5, 5.41) is 11.4. The number of nitrogens with one attached hydrogen (secondary N) is 2. The lowest BCUT2D eigenvalue weighted by Crippen LogP contribution is -2.51. The average molecular weight is 669 g/mol. The number of nitrogens with zero attached hydrogens (tertiary/aromatic N) is 6. The molecule has 48 heavy (non-hydrogen) atoms. The third kappa shape index (κ3) is 6.47. The molecule has 2 aliphatic rings. The molecule has 5 aromatic rings. The molecule has 246 valence electrons. The number of piperazine rings is 1. The Morgan fingerprint density at radius 1 is 0.896 bits per heavy atom. The molecule has 0 radical (unpaired) electrons. The molecule has 0 saturated carbocycles. The van der Waals surface area contributed by atoms with E-state index in [0.29, 0.717) is 62.9 Å². The summed E-state index contributed by atoms with van der Waals surface area (Å²) in [7, 11) is 0. The maximum atomic E-state index is 13.7. The van der Waals surface area contributed by atoms with Crippen LogP contribution in [0.2, 0.25) is 0 Å². The van der Waals surface area contributed by atoms with Crippen molar-refractivity contribution < 1.29 is 18.4 Å². The standard InChI is InChI=1S/C35H34F2N8O2S/c1-48-35(34(47)40-27-8-11-30-29(18-27)32(42-41-30)23-2-6-25(36)7-3-23)12-13-43(22-35)21-31(46)45-16-14-44(15-17-45)28-9-4-24(5-10-28)33-38-19-26(37)20-39-33/h2-11,18-20H,12-17,21-22H2,1H3,(H,40,47)(H,41,42)/t35-/m0/s1. The fraction of sp³-hybridized carbons (Fsp3) is 0.286. The lowest BCUT2D eigenvalue weighted by atomic mass is 10.1. The van der Waals surface area contributed by atoms with Gasteiger partial charge in [-0.3, -0.25) is 19.6 Å². The number of thioether (sulfide) groups is 1. The van der Waals surface area contributed by atoms with Crippen molar-refractivity contribution in [2.45, 2.75) is 11.2 Å². The molecule has 2 amide bonds. The zero-order valence-electron chi connectivity index (χ0n) is 26.3. The molecule has 2 N–H and O–H groups in total. The molecule has 4 heterocycles. The first-order chi connectivity index (χ1) is 23.3. The number of carbonyl (C=O) groups excluding carboxylic acids is 2. The van der Waals surface area contributed by atoms with Gasteiger partial charge in [0.15, 0.2) is 11.6 Å². The van der Waals surface area contributed by atoms with Crippen molar-refractivity contribution in [3.8, 4) is 22.6 Å². The number of carbonyl (C=O) groups is 2. The molecule has 0 aliphatic carbocycles. The number of anilines is 2. The van der Waals surface area contributed by atoms with Crippen LogP contribution in [0.15, 0.2) is 79.1 Å². The Kier molecular flexibility index (Phi) is 8.80. The number of benzene rings is 3. The minimum Gasteiger partial charge on any atom is -0.368 e. The number of halogens is 2. The van der Waals surface area contributed by atoms with Gasteiger partial charge in [0.2, 0.25) is 11.8 Å². The van der Waals surface area contributed by atoms with Crippen molar-refractivity contribution in [3.05, 3.63) is 90.8 Å². The van der Waals surface area contributed by atoms with Crippen LogP contribution in [0.3, 0.4) is 0 Å². The molecule has 3 aromatic carbocycles. The number of hydrogen-bond acceptors (Lipinski definition) is 8. The third-order valence-corrected chi connectivity index (χ3v) is 10.5. The van der Waals surface area contributed by atoms with Crippen molar-refractivity contribution in [2.75, 3.05) is 62.3 Å². The summed E-state index contributed by atoms with van der Waals surface area (Å²) in [6.45, 7) is 4.03. The van der Waals surface area contributed by atoms with Gasteiger partial charge >= 0.3 is 0 Å². The van der Waals surface area contributed by atoms with Crippen LogP contribution in [-0.4, -0.2) is 98.6 Å². The van der Waals surface area contributed by atoms with E-state index in [-0.39, 0.29) is 24.2 Å². The largest absolute Gasteiger partial charge is 0.368 e. The van der Waals surface area contributed by atoms with Gasteiger partial charge in [-0.05, 0) is 79.4 Å². The molecule has 10 nitrogen and oxygen atoms in total. The van der Waals surface area contributed by atoms with Gasteiger partial charge in [-0.25, -0.2) is 18.7 Å². The van der Waals surface area contributed by atoms with E-state index in [4.69, 9.17) is 0 Å². The molecule has 7 rings (SSSR count). The molecule has 0 spiro atoms. The number of rotatable bonds is 8. The number of H-pyrrole nitrogens is 1. The maximum Gasteiger partial charge on any atom is 0.241 e. The summed E-state index contributed by atoms with van der Waals surface area (Å²) in [6.07, 6.45) is 4.88. The number of aromatic amines is 1. The highest BCUT2D eigenvalue weighted by molar-refractivity contribution is 8.00. The fourth-order valence-electron chi connectivity index (χ4n) is 6.39. The number of hydrogen-bond donors (Lipinski definition) is 2. The normalized spacial score (nSPS) is 18.4. The number of aromatic nitrogens is 4. The monoisotopic (exact) mass is 668 g/mol. The van der Waals surface area contributed by atoms with Crippen LogP contribution in [0.25, 0.3) is 33.5 Å². The Bertz CT molecular complexity index is 1930. The minimum atomic E-state index is -0.685. The zero-order valence-corrected chi connectivity index (χ0v) is 27.1. The second kappa shape index (κ2) is 13.3. The van der Waals surface area contributed by atoms with E-state index < -0.39 is 10.6 Å². The summed E-state index contributed by atoms with van der Waals surface area (Å²) in [5.41, 5.74) is 4.77. The van der Waals surface area contributed by atoms with Crippen molar-refractivity contribution in [1.29, 1.82) is 0 Å². The maximum absolute atomic E-state index is 13.7. The molecule has 2 aliphatic heterocycles. The predicted octanol–water partition coefficient (Wildman–Crippen LogP) is 5.06. The molecule has 0 unspecified atom stereocenters.